The van der Waals surface area contributed by atoms with Crippen LogP contribution in [0.1, 0.15) is 6.92 Å². The maximum Gasteiger partial charge on any atom is 0.328 e. The lowest BCUT2D eigenvalue weighted by atomic mass is 10.3. The maximum absolute atomic E-state index is 11.4. The van der Waals surface area contributed by atoms with Gasteiger partial charge in [0.15, 0.2) is 6.04 Å². The third kappa shape index (κ3) is 4.33. The summed E-state index contributed by atoms with van der Waals surface area (Å²) in [5.41, 5.74) is 0. The van der Waals surface area contributed by atoms with Crippen LogP contribution in [0.4, 0.5) is 4.79 Å². The van der Waals surface area contributed by atoms with Crippen molar-refractivity contribution >= 4 is 12.0 Å². The molecule has 1 atom stereocenters. The molecule has 2 amide bonds. The Balaban J connectivity index is 4.32. The van der Waals surface area contributed by atoms with Crippen LogP contribution in [-0.2, 0) is 4.79 Å². The maximum atomic E-state index is 11.4. The van der Waals surface area contributed by atoms with Crippen molar-refractivity contribution in [3.63, 3.8) is 0 Å². The van der Waals surface area contributed by atoms with Gasteiger partial charge in [-0.3, -0.25) is 0 Å². The first-order chi connectivity index (χ1) is 7.06. The molecule has 0 aromatic rings. The minimum absolute atomic E-state index is 0.0973. The van der Waals surface area contributed by atoms with E-state index in [1.54, 1.807) is 6.92 Å². The van der Waals surface area contributed by atoms with E-state index in [2.05, 4.69) is 11.2 Å². The van der Waals surface area contributed by atoms with Gasteiger partial charge in [0.05, 0.1) is 13.2 Å². The molecule has 0 radical (unpaired) electrons. The number of carboxylic acids is 1. The number of nitrogens with zero attached hydrogens (tertiary/aromatic N) is 1. The molecule has 0 aromatic carbocycles. The average molecular weight is 214 g/mol. The van der Waals surface area contributed by atoms with Crippen LogP contribution < -0.4 is 5.32 Å². The van der Waals surface area contributed by atoms with Crippen LogP contribution in [0.25, 0.3) is 0 Å². The summed E-state index contributed by atoms with van der Waals surface area (Å²) in [6, 6.07) is -1.90. The Morgan fingerprint density at radius 2 is 2.20 bits per heavy atom. The molecule has 6 heteroatoms. The molecule has 0 saturated heterocycles. The van der Waals surface area contributed by atoms with Gasteiger partial charge in [0, 0.05) is 6.54 Å². The van der Waals surface area contributed by atoms with Gasteiger partial charge in [-0.05, 0) is 6.92 Å². The second kappa shape index (κ2) is 6.68. The first-order valence-electron chi connectivity index (χ1n) is 4.39. The molecule has 6 nitrogen and oxygen atoms in total. The quantitative estimate of drug-likeness (QED) is 0.517. The van der Waals surface area contributed by atoms with E-state index in [-0.39, 0.29) is 6.54 Å². The number of terminal acetylenes is 1. The van der Waals surface area contributed by atoms with E-state index >= 15 is 0 Å². The van der Waals surface area contributed by atoms with Crippen molar-refractivity contribution in [2.75, 3.05) is 19.7 Å². The third-order valence-electron chi connectivity index (χ3n) is 1.73. The zero-order valence-electron chi connectivity index (χ0n) is 8.43. The van der Waals surface area contributed by atoms with Crippen molar-refractivity contribution in [2.24, 2.45) is 0 Å². The molecular weight excluding hydrogens is 200 g/mol. The van der Waals surface area contributed by atoms with Crippen LogP contribution in [0, 0.1) is 12.3 Å². The Labute approximate surface area is 87.9 Å². The fourth-order valence-electron chi connectivity index (χ4n) is 0.863. The molecule has 0 heterocycles. The minimum atomic E-state index is -1.30. The predicted molar refractivity (Wildman–Crippen MR) is 53.1 cm³/mol. The number of nitrogens with one attached hydrogen (secondary N) is 1. The molecule has 0 rings (SSSR count). The van der Waals surface area contributed by atoms with E-state index in [1.807, 2.05) is 0 Å². The molecule has 84 valence electrons. The monoisotopic (exact) mass is 214 g/mol. The Bertz CT molecular complexity index is 272. The SMILES string of the molecule is C#CCN(CC)C(=O)N[C@H](CO)C(=O)O. The van der Waals surface area contributed by atoms with Gasteiger partial charge in [-0.2, -0.15) is 0 Å². The number of aliphatic hydroxyl groups is 1. The predicted octanol–water partition coefficient (Wildman–Crippen LogP) is -0.903. The van der Waals surface area contributed by atoms with Crippen LogP contribution in [0.15, 0.2) is 0 Å². The molecule has 0 bridgehead atoms. The van der Waals surface area contributed by atoms with E-state index in [4.69, 9.17) is 16.6 Å². The number of hydrogen-bond donors (Lipinski definition) is 3. The van der Waals surface area contributed by atoms with Crippen molar-refractivity contribution in [1.82, 2.24) is 10.2 Å². The second-order valence-corrected chi connectivity index (χ2v) is 2.74. The van der Waals surface area contributed by atoms with Gasteiger partial charge in [-0.25, -0.2) is 9.59 Å². The number of amides is 2. The lowest BCUT2D eigenvalue weighted by Crippen LogP contribution is -2.49. The number of carbonyl (C=O) groups excluding carboxylic acids is 1. The van der Waals surface area contributed by atoms with Gasteiger partial charge < -0.3 is 20.4 Å². The second-order valence-electron chi connectivity index (χ2n) is 2.74. The lowest BCUT2D eigenvalue weighted by molar-refractivity contribution is -0.140. The Morgan fingerprint density at radius 3 is 2.53 bits per heavy atom. The first kappa shape index (κ1) is 13.3. The van der Waals surface area contributed by atoms with E-state index in [9.17, 15) is 9.59 Å². The molecule has 0 unspecified atom stereocenters. The van der Waals surface area contributed by atoms with E-state index in [0.29, 0.717) is 6.54 Å². The van der Waals surface area contributed by atoms with Gasteiger partial charge in [-0.15, -0.1) is 6.42 Å². The van der Waals surface area contributed by atoms with Crippen molar-refractivity contribution < 1.29 is 19.8 Å². The van der Waals surface area contributed by atoms with Crippen LogP contribution in [0.5, 0.6) is 0 Å². The summed E-state index contributed by atoms with van der Waals surface area (Å²) in [5, 5.41) is 19.4. The number of aliphatic carboxylic acids is 1. The summed E-state index contributed by atoms with van der Waals surface area (Å²) in [6.45, 7) is 1.52. The summed E-state index contributed by atoms with van der Waals surface area (Å²) in [4.78, 5) is 23.1. The summed E-state index contributed by atoms with van der Waals surface area (Å²) >= 11 is 0. The molecule has 0 aliphatic carbocycles. The van der Waals surface area contributed by atoms with E-state index < -0.39 is 24.6 Å². The van der Waals surface area contributed by atoms with Crippen LogP contribution in [0.3, 0.4) is 0 Å². The van der Waals surface area contributed by atoms with E-state index in [1.165, 1.54) is 4.90 Å². The molecule has 0 saturated carbocycles. The Kier molecular flexibility index (Phi) is 5.90. The largest absolute Gasteiger partial charge is 0.480 e. The summed E-state index contributed by atoms with van der Waals surface area (Å²) < 4.78 is 0. The lowest BCUT2D eigenvalue weighted by Gasteiger charge is -2.20. The highest BCUT2D eigenvalue weighted by Gasteiger charge is 2.21. The van der Waals surface area contributed by atoms with Gasteiger partial charge in [0.25, 0.3) is 0 Å². The van der Waals surface area contributed by atoms with Gasteiger partial charge >= 0.3 is 12.0 Å². The highest BCUT2D eigenvalue weighted by atomic mass is 16.4. The molecule has 0 aliphatic rings. The molecule has 0 aromatic heterocycles. The number of urea groups is 1. The smallest absolute Gasteiger partial charge is 0.328 e. The number of rotatable bonds is 5. The number of hydrogen-bond acceptors (Lipinski definition) is 3. The van der Waals surface area contributed by atoms with Crippen molar-refractivity contribution in [2.45, 2.75) is 13.0 Å². The first-order valence-corrected chi connectivity index (χ1v) is 4.39. The summed E-state index contributed by atoms with van der Waals surface area (Å²) in [5.74, 6) is 0.986. The van der Waals surface area contributed by atoms with Gasteiger partial charge in [0.2, 0.25) is 0 Å². The molecule has 0 fully saturated rings. The standard InChI is InChI=1S/C9H14N2O4/c1-3-5-11(4-2)9(15)10-7(6-12)8(13)14/h1,7,12H,4-6H2,2H3,(H,10,15)(H,13,14)/t7-/m1/s1. The number of carboxylic acid groups (broad SMARTS) is 1. The van der Waals surface area contributed by atoms with Crippen molar-refractivity contribution in [1.29, 1.82) is 0 Å². The van der Waals surface area contributed by atoms with Crippen LogP contribution >= 0.6 is 0 Å². The molecule has 15 heavy (non-hydrogen) atoms. The highest BCUT2D eigenvalue weighted by Crippen LogP contribution is 1.91. The average Bonchev–Trinajstić information content (AvgIpc) is 2.21. The molecule has 0 spiro atoms. The molecule has 3 N–H and O–H groups in total. The Hall–Kier alpha value is -1.74. The summed E-state index contributed by atoms with van der Waals surface area (Å²) in [6.07, 6.45) is 5.03. The Morgan fingerprint density at radius 1 is 1.60 bits per heavy atom. The van der Waals surface area contributed by atoms with Crippen LogP contribution in [-0.4, -0.2) is 52.9 Å². The zero-order chi connectivity index (χ0) is 11.8. The van der Waals surface area contributed by atoms with Crippen molar-refractivity contribution in [3.05, 3.63) is 0 Å². The minimum Gasteiger partial charge on any atom is -0.480 e. The third-order valence-corrected chi connectivity index (χ3v) is 1.73. The van der Waals surface area contributed by atoms with Crippen LogP contribution in [0.2, 0.25) is 0 Å². The topological polar surface area (TPSA) is 89.9 Å². The van der Waals surface area contributed by atoms with Gasteiger partial charge in [0.1, 0.15) is 0 Å². The normalized spacial score (nSPS) is 11.3. The van der Waals surface area contributed by atoms with E-state index in [0.717, 1.165) is 0 Å². The number of aliphatic hydroxyl groups excluding tert-OH is 1. The fourth-order valence-corrected chi connectivity index (χ4v) is 0.863. The fraction of sp³-hybridized carbons (Fsp3) is 0.556. The molecule has 0 aliphatic heterocycles. The zero-order valence-corrected chi connectivity index (χ0v) is 8.43. The molecular formula is C9H14N2O4. The van der Waals surface area contributed by atoms with Crippen molar-refractivity contribution in [3.8, 4) is 12.3 Å². The van der Waals surface area contributed by atoms with Gasteiger partial charge in [-0.1, -0.05) is 5.92 Å². The number of carbonyl (C=O) groups is 2. The highest BCUT2D eigenvalue weighted by molar-refractivity contribution is 5.82. The summed E-state index contributed by atoms with van der Waals surface area (Å²) in [7, 11) is 0.